The number of rotatable bonds is 5. The second-order valence-electron chi connectivity index (χ2n) is 5.81. The van der Waals surface area contributed by atoms with Crippen LogP contribution in [0.5, 0.6) is 0 Å². The smallest absolute Gasteiger partial charge is 0.256 e. The molecule has 0 aromatic heterocycles. The fraction of sp³-hybridized carbons (Fsp3) is 0.235. The molecule has 2 aromatic rings. The second-order valence-corrected chi connectivity index (χ2v) is 7.52. The molecule has 2 aromatic carbocycles. The molecule has 24 heavy (non-hydrogen) atoms. The van der Waals surface area contributed by atoms with Crippen LogP contribution < -0.4 is 10.0 Å². The van der Waals surface area contributed by atoms with Gasteiger partial charge in [0.05, 0.1) is 10.6 Å². The van der Waals surface area contributed by atoms with Crippen LogP contribution >= 0.6 is 0 Å². The lowest BCUT2D eigenvalue weighted by molar-refractivity contribution is 0.102. The summed E-state index contributed by atoms with van der Waals surface area (Å²) in [6.45, 7) is 1.70. The summed E-state index contributed by atoms with van der Waals surface area (Å²) in [5.74, 6) is -1.11. The number of aryl methyl sites for hydroxylation is 1. The first-order valence-electron chi connectivity index (χ1n) is 7.56. The number of hydrogen-bond acceptors (Lipinski definition) is 3. The van der Waals surface area contributed by atoms with Gasteiger partial charge in [-0.15, -0.1) is 0 Å². The topological polar surface area (TPSA) is 75.3 Å². The quantitative estimate of drug-likeness (QED) is 0.872. The molecular formula is C17H17FN2O3S. The Morgan fingerprint density at radius 3 is 2.54 bits per heavy atom. The summed E-state index contributed by atoms with van der Waals surface area (Å²) in [5, 5.41) is 2.47. The zero-order valence-corrected chi connectivity index (χ0v) is 13.9. The minimum Gasteiger partial charge on any atom is -0.319 e. The number of hydrogen-bond donors (Lipinski definition) is 2. The minimum atomic E-state index is -3.65. The van der Waals surface area contributed by atoms with Gasteiger partial charge in [-0.25, -0.2) is 17.5 Å². The van der Waals surface area contributed by atoms with E-state index in [0.717, 1.165) is 12.8 Å². The highest BCUT2D eigenvalue weighted by Crippen LogP contribution is 2.24. The van der Waals surface area contributed by atoms with Gasteiger partial charge in [0.2, 0.25) is 10.0 Å². The summed E-state index contributed by atoms with van der Waals surface area (Å²) in [6, 6.07) is 10.1. The third-order valence-corrected chi connectivity index (χ3v) is 5.30. The van der Waals surface area contributed by atoms with Crippen molar-refractivity contribution in [2.75, 3.05) is 5.32 Å². The van der Waals surface area contributed by atoms with Crippen molar-refractivity contribution in [3.8, 4) is 0 Å². The molecule has 1 aliphatic carbocycles. The molecule has 0 bridgehead atoms. The van der Waals surface area contributed by atoms with Crippen molar-refractivity contribution in [2.45, 2.75) is 30.7 Å². The van der Waals surface area contributed by atoms with Crippen LogP contribution in [-0.2, 0) is 10.0 Å². The number of benzene rings is 2. The van der Waals surface area contributed by atoms with E-state index >= 15 is 0 Å². The van der Waals surface area contributed by atoms with Gasteiger partial charge in [0, 0.05) is 11.6 Å². The van der Waals surface area contributed by atoms with Crippen molar-refractivity contribution in [1.82, 2.24) is 4.72 Å². The number of anilines is 1. The number of nitrogens with one attached hydrogen (secondary N) is 2. The first-order chi connectivity index (χ1) is 11.4. The lowest BCUT2D eigenvalue weighted by Crippen LogP contribution is -2.26. The molecule has 1 saturated carbocycles. The van der Waals surface area contributed by atoms with Crippen LogP contribution in [0.2, 0.25) is 0 Å². The number of para-hydroxylation sites is 1. The average molecular weight is 348 g/mol. The molecule has 0 radical (unpaired) electrons. The maximum Gasteiger partial charge on any atom is 0.256 e. The van der Waals surface area contributed by atoms with Gasteiger partial charge in [0.25, 0.3) is 5.91 Å². The summed E-state index contributed by atoms with van der Waals surface area (Å²) in [4.78, 5) is 12.4. The standard InChI is InChI=1S/C17H17FN2O3S/c1-11-6-9-13(24(22,23)20-12-7-8-12)10-14(11)17(21)19-16-5-3-2-4-15(16)18/h2-6,9-10,12,20H,7-8H2,1H3,(H,19,21). The molecule has 5 nitrogen and oxygen atoms in total. The molecule has 2 N–H and O–H groups in total. The Kier molecular flexibility index (Phi) is 4.38. The van der Waals surface area contributed by atoms with Gasteiger partial charge in [-0.3, -0.25) is 4.79 Å². The number of halogens is 1. The molecule has 0 heterocycles. The molecule has 126 valence electrons. The zero-order chi connectivity index (χ0) is 17.3. The van der Waals surface area contributed by atoms with Crippen LogP contribution in [0, 0.1) is 12.7 Å². The van der Waals surface area contributed by atoms with E-state index in [1.54, 1.807) is 19.1 Å². The first-order valence-corrected chi connectivity index (χ1v) is 9.04. The highest BCUT2D eigenvalue weighted by molar-refractivity contribution is 7.89. The van der Waals surface area contributed by atoms with Gasteiger partial charge in [0.1, 0.15) is 5.82 Å². The molecular weight excluding hydrogens is 331 g/mol. The van der Waals surface area contributed by atoms with E-state index < -0.39 is 21.7 Å². The lowest BCUT2D eigenvalue weighted by Gasteiger charge is -2.11. The van der Waals surface area contributed by atoms with Gasteiger partial charge in [-0.1, -0.05) is 18.2 Å². The Balaban J connectivity index is 1.88. The second kappa shape index (κ2) is 6.33. The van der Waals surface area contributed by atoms with Crippen LogP contribution in [-0.4, -0.2) is 20.4 Å². The Morgan fingerprint density at radius 2 is 1.88 bits per heavy atom. The number of sulfonamides is 1. The summed E-state index contributed by atoms with van der Waals surface area (Å²) in [6.07, 6.45) is 1.65. The molecule has 1 fully saturated rings. The van der Waals surface area contributed by atoms with Gasteiger partial charge in [0.15, 0.2) is 0 Å². The molecule has 0 unspecified atom stereocenters. The average Bonchev–Trinajstić information content (AvgIpc) is 3.33. The van der Waals surface area contributed by atoms with Crippen molar-refractivity contribution < 1.29 is 17.6 Å². The predicted octanol–water partition coefficient (Wildman–Crippen LogP) is 2.83. The Hall–Kier alpha value is -2.25. The number of carbonyl (C=O) groups is 1. The third kappa shape index (κ3) is 3.63. The monoisotopic (exact) mass is 348 g/mol. The first kappa shape index (κ1) is 16.6. The Morgan fingerprint density at radius 1 is 1.17 bits per heavy atom. The van der Waals surface area contributed by atoms with Crippen molar-refractivity contribution in [2.24, 2.45) is 0 Å². The SMILES string of the molecule is Cc1ccc(S(=O)(=O)NC2CC2)cc1C(=O)Nc1ccccc1F. The van der Waals surface area contributed by atoms with Crippen LogP contribution in [0.25, 0.3) is 0 Å². The molecule has 3 rings (SSSR count). The number of carbonyl (C=O) groups excluding carboxylic acids is 1. The Labute approximate surface area is 139 Å². The number of amides is 1. The zero-order valence-electron chi connectivity index (χ0n) is 13.0. The molecule has 0 aliphatic heterocycles. The van der Waals surface area contributed by atoms with Crippen LogP contribution in [0.1, 0.15) is 28.8 Å². The van der Waals surface area contributed by atoms with E-state index in [-0.39, 0.29) is 22.2 Å². The highest BCUT2D eigenvalue weighted by Gasteiger charge is 2.28. The fourth-order valence-electron chi connectivity index (χ4n) is 2.25. The molecule has 0 atom stereocenters. The summed E-state index contributed by atoms with van der Waals surface area (Å²) >= 11 is 0. The van der Waals surface area contributed by atoms with Crippen LogP contribution in [0.3, 0.4) is 0 Å². The van der Waals surface area contributed by atoms with Crippen molar-refractivity contribution >= 4 is 21.6 Å². The van der Waals surface area contributed by atoms with E-state index in [2.05, 4.69) is 10.0 Å². The Bertz CT molecular complexity index is 892. The third-order valence-electron chi connectivity index (χ3n) is 3.79. The maximum absolute atomic E-state index is 13.7. The van der Waals surface area contributed by atoms with Crippen LogP contribution in [0.4, 0.5) is 10.1 Å². The molecule has 0 saturated heterocycles. The summed E-state index contributed by atoms with van der Waals surface area (Å²) in [5.41, 5.74) is 0.845. The van der Waals surface area contributed by atoms with Gasteiger partial charge >= 0.3 is 0 Å². The minimum absolute atomic E-state index is 0.0213. The van der Waals surface area contributed by atoms with E-state index in [0.29, 0.717) is 5.56 Å². The summed E-state index contributed by atoms with van der Waals surface area (Å²) in [7, 11) is -3.65. The van der Waals surface area contributed by atoms with E-state index in [9.17, 15) is 17.6 Å². The van der Waals surface area contributed by atoms with Crippen molar-refractivity contribution in [3.63, 3.8) is 0 Å². The predicted molar refractivity (Wildman–Crippen MR) is 88.9 cm³/mol. The van der Waals surface area contributed by atoms with Crippen molar-refractivity contribution in [1.29, 1.82) is 0 Å². The van der Waals surface area contributed by atoms with Crippen LogP contribution in [0.15, 0.2) is 47.4 Å². The highest BCUT2D eigenvalue weighted by atomic mass is 32.2. The largest absolute Gasteiger partial charge is 0.319 e. The van der Waals surface area contributed by atoms with E-state index in [1.807, 2.05) is 0 Å². The normalized spacial score (nSPS) is 14.4. The maximum atomic E-state index is 13.7. The van der Waals surface area contributed by atoms with Gasteiger partial charge < -0.3 is 5.32 Å². The fourth-order valence-corrected chi connectivity index (χ4v) is 3.58. The molecule has 7 heteroatoms. The van der Waals surface area contributed by atoms with E-state index in [4.69, 9.17) is 0 Å². The van der Waals surface area contributed by atoms with Crippen molar-refractivity contribution in [3.05, 3.63) is 59.4 Å². The summed E-state index contributed by atoms with van der Waals surface area (Å²) < 4.78 is 40.8. The molecule has 0 spiro atoms. The van der Waals surface area contributed by atoms with E-state index in [1.165, 1.54) is 30.3 Å². The lowest BCUT2D eigenvalue weighted by atomic mass is 10.1. The van der Waals surface area contributed by atoms with Gasteiger partial charge in [-0.05, 0) is 49.6 Å². The molecule has 1 amide bonds. The molecule has 1 aliphatic rings. The van der Waals surface area contributed by atoms with Gasteiger partial charge in [-0.2, -0.15) is 0 Å².